The Morgan fingerprint density at radius 2 is 1.45 bits per heavy atom. The van der Waals surface area contributed by atoms with Crippen LogP contribution in [-0.2, 0) is 14.4 Å². The van der Waals surface area contributed by atoms with Crippen molar-refractivity contribution in [1.82, 2.24) is 4.90 Å². The third-order valence-electron chi connectivity index (χ3n) is 4.07. The Morgan fingerprint density at radius 1 is 0.897 bits per heavy atom. The maximum Gasteiger partial charge on any atom is 0.238 e. The lowest BCUT2D eigenvalue weighted by Gasteiger charge is -2.19. The zero-order valence-electron chi connectivity index (χ0n) is 16.7. The van der Waals surface area contributed by atoms with Crippen LogP contribution in [0.25, 0.3) is 0 Å². The van der Waals surface area contributed by atoms with Gasteiger partial charge in [-0.05, 0) is 71.4 Å². The first-order valence-electron chi connectivity index (χ1n) is 9.22. The van der Waals surface area contributed by atoms with Crippen molar-refractivity contribution in [3.8, 4) is 0 Å². The SMILES string of the molecule is CCN(CC(=O)Nc1ccc(NC(C)=O)cc1)CC(=O)Nc1ccc(C)cc1Br. The highest BCUT2D eigenvalue weighted by molar-refractivity contribution is 9.10. The zero-order chi connectivity index (χ0) is 21.4. The highest BCUT2D eigenvalue weighted by Gasteiger charge is 2.14. The van der Waals surface area contributed by atoms with Crippen molar-refractivity contribution in [2.75, 3.05) is 35.6 Å². The van der Waals surface area contributed by atoms with E-state index in [1.165, 1.54) is 6.92 Å². The molecule has 8 heteroatoms. The van der Waals surface area contributed by atoms with Gasteiger partial charge < -0.3 is 16.0 Å². The lowest BCUT2D eigenvalue weighted by molar-refractivity contribution is -0.120. The van der Waals surface area contributed by atoms with Crippen LogP contribution in [0.3, 0.4) is 0 Å². The van der Waals surface area contributed by atoms with Crippen molar-refractivity contribution in [3.63, 3.8) is 0 Å². The number of benzene rings is 2. The molecule has 0 heterocycles. The van der Waals surface area contributed by atoms with Crippen LogP contribution in [0.1, 0.15) is 19.4 Å². The molecular formula is C21H25BrN4O3. The molecule has 0 saturated carbocycles. The fourth-order valence-electron chi connectivity index (χ4n) is 2.64. The molecule has 2 aromatic carbocycles. The van der Waals surface area contributed by atoms with Gasteiger partial charge in [0.2, 0.25) is 17.7 Å². The minimum atomic E-state index is -0.219. The summed E-state index contributed by atoms with van der Waals surface area (Å²) >= 11 is 3.44. The standard InChI is InChI=1S/C21H25BrN4O3/c1-4-26(13-21(29)25-19-10-5-14(2)11-18(19)22)12-20(28)24-17-8-6-16(7-9-17)23-15(3)27/h5-11H,4,12-13H2,1-3H3,(H,23,27)(H,24,28)(H,25,29). The third kappa shape index (κ3) is 7.67. The van der Waals surface area contributed by atoms with Crippen molar-refractivity contribution in [1.29, 1.82) is 0 Å². The minimum absolute atomic E-state index is 0.0897. The molecule has 3 amide bonds. The number of halogens is 1. The van der Waals surface area contributed by atoms with Crippen LogP contribution in [-0.4, -0.2) is 42.3 Å². The van der Waals surface area contributed by atoms with Gasteiger partial charge in [0.05, 0.1) is 18.8 Å². The first kappa shape index (κ1) is 22.6. The van der Waals surface area contributed by atoms with E-state index < -0.39 is 0 Å². The predicted molar refractivity (Wildman–Crippen MR) is 119 cm³/mol. The molecule has 0 aromatic heterocycles. The molecule has 0 radical (unpaired) electrons. The Hall–Kier alpha value is -2.71. The molecule has 2 aromatic rings. The number of carbonyl (C=O) groups is 3. The molecule has 3 N–H and O–H groups in total. The number of amides is 3. The van der Waals surface area contributed by atoms with E-state index in [9.17, 15) is 14.4 Å². The Morgan fingerprint density at radius 3 is 1.97 bits per heavy atom. The van der Waals surface area contributed by atoms with Gasteiger partial charge in [0, 0.05) is 22.8 Å². The van der Waals surface area contributed by atoms with Gasteiger partial charge in [-0.15, -0.1) is 0 Å². The van der Waals surface area contributed by atoms with Crippen molar-refractivity contribution < 1.29 is 14.4 Å². The largest absolute Gasteiger partial charge is 0.326 e. The Labute approximate surface area is 179 Å². The van der Waals surface area contributed by atoms with Crippen molar-refractivity contribution in [2.45, 2.75) is 20.8 Å². The monoisotopic (exact) mass is 460 g/mol. The lowest BCUT2D eigenvalue weighted by atomic mass is 10.2. The summed E-state index contributed by atoms with van der Waals surface area (Å²) in [5.74, 6) is -0.566. The summed E-state index contributed by atoms with van der Waals surface area (Å²) in [6.45, 7) is 6.05. The maximum atomic E-state index is 12.3. The summed E-state index contributed by atoms with van der Waals surface area (Å²) in [5.41, 5.74) is 3.06. The summed E-state index contributed by atoms with van der Waals surface area (Å²) in [6, 6.07) is 12.5. The van der Waals surface area contributed by atoms with E-state index in [0.717, 1.165) is 10.0 Å². The number of carbonyl (C=O) groups excluding carboxylic acids is 3. The first-order chi connectivity index (χ1) is 13.8. The molecule has 2 rings (SSSR count). The fourth-order valence-corrected chi connectivity index (χ4v) is 3.23. The van der Waals surface area contributed by atoms with Gasteiger partial charge in [-0.25, -0.2) is 0 Å². The molecule has 0 aliphatic carbocycles. The molecule has 0 aliphatic rings. The van der Waals surface area contributed by atoms with Crippen LogP contribution in [0.5, 0.6) is 0 Å². The molecule has 0 spiro atoms. The lowest BCUT2D eigenvalue weighted by Crippen LogP contribution is -2.38. The van der Waals surface area contributed by atoms with Crippen LogP contribution < -0.4 is 16.0 Å². The molecule has 0 atom stereocenters. The number of nitrogens with zero attached hydrogens (tertiary/aromatic N) is 1. The smallest absolute Gasteiger partial charge is 0.238 e. The number of rotatable bonds is 8. The van der Waals surface area contributed by atoms with Gasteiger partial charge in [0.15, 0.2) is 0 Å². The van der Waals surface area contributed by atoms with E-state index in [2.05, 4.69) is 31.9 Å². The third-order valence-corrected chi connectivity index (χ3v) is 4.73. The minimum Gasteiger partial charge on any atom is -0.326 e. The fraction of sp³-hybridized carbons (Fsp3) is 0.286. The summed E-state index contributed by atoms with van der Waals surface area (Å²) < 4.78 is 0.814. The molecule has 154 valence electrons. The number of hydrogen-bond acceptors (Lipinski definition) is 4. The quantitative estimate of drug-likeness (QED) is 0.560. The summed E-state index contributed by atoms with van der Waals surface area (Å²) in [7, 11) is 0. The van der Waals surface area contributed by atoms with Gasteiger partial charge in [0.25, 0.3) is 0 Å². The van der Waals surface area contributed by atoms with Gasteiger partial charge in [-0.3, -0.25) is 19.3 Å². The Balaban J connectivity index is 1.87. The van der Waals surface area contributed by atoms with E-state index >= 15 is 0 Å². The van der Waals surface area contributed by atoms with Gasteiger partial charge >= 0.3 is 0 Å². The van der Waals surface area contributed by atoms with Crippen molar-refractivity contribution >= 4 is 50.7 Å². The van der Waals surface area contributed by atoms with E-state index in [0.29, 0.717) is 23.6 Å². The second-order valence-corrected chi connectivity index (χ2v) is 7.50. The number of anilines is 3. The molecule has 0 unspecified atom stereocenters. The topological polar surface area (TPSA) is 90.5 Å². The van der Waals surface area contributed by atoms with Crippen LogP contribution in [0.15, 0.2) is 46.9 Å². The predicted octanol–water partition coefficient (Wildman–Crippen LogP) is 3.62. The highest BCUT2D eigenvalue weighted by Crippen LogP contribution is 2.23. The first-order valence-corrected chi connectivity index (χ1v) is 10.0. The van der Waals surface area contributed by atoms with Gasteiger partial charge in [-0.2, -0.15) is 0 Å². The van der Waals surface area contributed by atoms with Crippen LogP contribution in [0, 0.1) is 6.92 Å². The molecule has 7 nitrogen and oxygen atoms in total. The van der Waals surface area contributed by atoms with E-state index in [-0.39, 0.29) is 30.8 Å². The molecule has 0 bridgehead atoms. The zero-order valence-corrected chi connectivity index (χ0v) is 18.3. The average molecular weight is 461 g/mol. The Kier molecular flexibility index (Phi) is 8.35. The van der Waals surface area contributed by atoms with Crippen LogP contribution in [0.4, 0.5) is 17.1 Å². The maximum absolute atomic E-state index is 12.3. The molecule has 0 saturated heterocycles. The van der Waals surface area contributed by atoms with Crippen molar-refractivity contribution in [2.24, 2.45) is 0 Å². The van der Waals surface area contributed by atoms with Crippen LogP contribution >= 0.6 is 15.9 Å². The second-order valence-electron chi connectivity index (χ2n) is 6.64. The molecule has 0 aliphatic heterocycles. The van der Waals surface area contributed by atoms with E-state index in [1.54, 1.807) is 29.2 Å². The highest BCUT2D eigenvalue weighted by atomic mass is 79.9. The molecular weight excluding hydrogens is 436 g/mol. The summed E-state index contributed by atoms with van der Waals surface area (Å²) in [6.07, 6.45) is 0. The summed E-state index contributed by atoms with van der Waals surface area (Å²) in [4.78, 5) is 37.5. The number of nitrogens with one attached hydrogen (secondary N) is 3. The van der Waals surface area contributed by atoms with Crippen LogP contribution in [0.2, 0.25) is 0 Å². The van der Waals surface area contributed by atoms with E-state index in [1.807, 2.05) is 32.0 Å². The molecule has 0 fully saturated rings. The number of likely N-dealkylation sites (N-methyl/N-ethyl adjacent to an activating group) is 1. The number of hydrogen-bond donors (Lipinski definition) is 3. The van der Waals surface area contributed by atoms with Gasteiger partial charge in [0.1, 0.15) is 0 Å². The normalized spacial score (nSPS) is 10.5. The van der Waals surface area contributed by atoms with E-state index in [4.69, 9.17) is 0 Å². The van der Waals surface area contributed by atoms with Gasteiger partial charge in [-0.1, -0.05) is 13.0 Å². The second kappa shape index (κ2) is 10.7. The Bertz CT molecular complexity index is 884. The average Bonchev–Trinajstić information content (AvgIpc) is 2.64. The number of aryl methyl sites for hydroxylation is 1. The summed E-state index contributed by atoms with van der Waals surface area (Å²) in [5, 5.41) is 8.31. The van der Waals surface area contributed by atoms with Crippen molar-refractivity contribution in [3.05, 3.63) is 52.5 Å². The molecule has 29 heavy (non-hydrogen) atoms.